The van der Waals surface area contributed by atoms with E-state index < -0.39 is 11.5 Å². The number of amides is 2. The first-order valence-corrected chi connectivity index (χ1v) is 8.86. The summed E-state index contributed by atoms with van der Waals surface area (Å²) in [6.45, 7) is 2.86. The van der Waals surface area contributed by atoms with E-state index in [4.69, 9.17) is 4.74 Å². The van der Waals surface area contributed by atoms with Crippen LogP contribution in [0.1, 0.15) is 30.5 Å². The molecule has 26 heavy (non-hydrogen) atoms. The van der Waals surface area contributed by atoms with Gasteiger partial charge < -0.3 is 15.0 Å². The summed E-state index contributed by atoms with van der Waals surface area (Å²) in [6.07, 6.45) is 4.01. The molecular formula is C20H21N3O3. The molecule has 2 aliphatic heterocycles. The molecule has 2 unspecified atom stereocenters. The fourth-order valence-electron chi connectivity index (χ4n) is 4.23. The minimum atomic E-state index is -0.790. The van der Waals surface area contributed by atoms with Gasteiger partial charge in [-0.05, 0) is 36.6 Å². The molecule has 1 spiro atoms. The highest BCUT2D eigenvalue weighted by atomic mass is 16.5. The lowest BCUT2D eigenvalue weighted by atomic mass is 9.73. The van der Waals surface area contributed by atoms with Gasteiger partial charge in [0.25, 0.3) is 0 Å². The molecule has 0 bridgehead atoms. The van der Waals surface area contributed by atoms with Crippen LogP contribution in [0.5, 0.6) is 0 Å². The van der Waals surface area contributed by atoms with Crippen LogP contribution in [-0.4, -0.2) is 41.5 Å². The molecule has 134 valence electrons. The number of para-hydroxylation sites is 1. The van der Waals surface area contributed by atoms with Gasteiger partial charge in [0.1, 0.15) is 12.0 Å². The number of hydrogen-bond acceptors (Lipinski definition) is 4. The van der Waals surface area contributed by atoms with E-state index in [1.54, 1.807) is 17.3 Å². The number of benzene rings is 1. The summed E-state index contributed by atoms with van der Waals surface area (Å²) < 4.78 is 5.33. The molecule has 1 aromatic carbocycles. The average molecular weight is 351 g/mol. The Kier molecular flexibility index (Phi) is 4.20. The lowest BCUT2D eigenvalue weighted by Crippen LogP contribution is -2.43. The predicted molar refractivity (Wildman–Crippen MR) is 96.6 cm³/mol. The smallest absolute Gasteiger partial charge is 0.249 e. The summed E-state index contributed by atoms with van der Waals surface area (Å²) in [7, 11) is 0. The van der Waals surface area contributed by atoms with E-state index in [1.807, 2.05) is 43.3 Å². The number of nitrogens with one attached hydrogen (secondary N) is 1. The van der Waals surface area contributed by atoms with E-state index in [0.29, 0.717) is 19.6 Å². The number of fused-ring (bicyclic) bond motifs is 2. The van der Waals surface area contributed by atoms with Crippen LogP contribution in [0, 0.1) is 0 Å². The molecule has 2 atom stereocenters. The first kappa shape index (κ1) is 16.7. The van der Waals surface area contributed by atoms with Gasteiger partial charge in [-0.2, -0.15) is 0 Å². The number of hydrogen-bond donors (Lipinski definition) is 1. The number of pyridine rings is 1. The van der Waals surface area contributed by atoms with Crippen molar-refractivity contribution in [1.82, 2.24) is 9.88 Å². The van der Waals surface area contributed by atoms with Crippen molar-refractivity contribution in [3.8, 4) is 0 Å². The fourth-order valence-corrected chi connectivity index (χ4v) is 4.23. The summed E-state index contributed by atoms with van der Waals surface area (Å²) in [6, 6.07) is 11.1. The minimum Gasteiger partial charge on any atom is -0.372 e. The molecule has 1 N–H and O–H groups in total. The molecule has 2 aromatic rings. The molecule has 0 radical (unpaired) electrons. The minimum absolute atomic E-state index is 0.0204. The zero-order valence-corrected chi connectivity index (χ0v) is 14.6. The number of carbonyl (C=O) groups excluding carboxylic acids is 2. The molecule has 2 aliphatic rings. The van der Waals surface area contributed by atoms with Crippen molar-refractivity contribution < 1.29 is 14.3 Å². The van der Waals surface area contributed by atoms with Crippen LogP contribution in [0.25, 0.3) is 0 Å². The van der Waals surface area contributed by atoms with Gasteiger partial charge in [0.15, 0.2) is 0 Å². The maximum Gasteiger partial charge on any atom is 0.249 e. The molecule has 1 fully saturated rings. The van der Waals surface area contributed by atoms with Gasteiger partial charge >= 0.3 is 0 Å². The van der Waals surface area contributed by atoms with Crippen molar-refractivity contribution >= 4 is 17.5 Å². The first-order chi connectivity index (χ1) is 12.7. The third-order valence-electron chi connectivity index (χ3n) is 5.34. The molecule has 6 heteroatoms. The summed E-state index contributed by atoms with van der Waals surface area (Å²) >= 11 is 0. The summed E-state index contributed by atoms with van der Waals surface area (Å²) in [5.74, 6) is -0.158. The highest BCUT2D eigenvalue weighted by molar-refractivity contribution is 6.07. The molecule has 0 saturated carbocycles. The second-order valence-corrected chi connectivity index (χ2v) is 6.63. The summed E-state index contributed by atoms with van der Waals surface area (Å²) in [4.78, 5) is 31.9. The predicted octanol–water partition coefficient (Wildman–Crippen LogP) is 2.28. The van der Waals surface area contributed by atoms with Crippen molar-refractivity contribution in [3.63, 3.8) is 0 Å². The Hall–Kier alpha value is -2.73. The van der Waals surface area contributed by atoms with Gasteiger partial charge in [-0.25, -0.2) is 0 Å². The molecule has 6 nitrogen and oxygen atoms in total. The number of nitrogens with zero attached hydrogens (tertiary/aromatic N) is 2. The van der Waals surface area contributed by atoms with Crippen LogP contribution in [0.3, 0.4) is 0 Å². The zero-order valence-electron chi connectivity index (χ0n) is 14.6. The van der Waals surface area contributed by atoms with Crippen LogP contribution < -0.4 is 5.32 Å². The maximum absolute atomic E-state index is 13.1. The second kappa shape index (κ2) is 6.53. The second-order valence-electron chi connectivity index (χ2n) is 6.63. The average Bonchev–Trinajstić information content (AvgIpc) is 3.21. The van der Waals surface area contributed by atoms with Crippen molar-refractivity contribution in [1.29, 1.82) is 0 Å². The quantitative estimate of drug-likeness (QED) is 0.917. The lowest BCUT2D eigenvalue weighted by Gasteiger charge is -2.34. The Labute approximate surface area is 152 Å². The van der Waals surface area contributed by atoms with E-state index >= 15 is 0 Å². The third kappa shape index (κ3) is 2.41. The monoisotopic (exact) mass is 351 g/mol. The van der Waals surface area contributed by atoms with Crippen LogP contribution in [0.4, 0.5) is 5.69 Å². The van der Waals surface area contributed by atoms with Crippen molar-refractivity contribution in [2.75, 3.05) is 25.1 Å². The maximum atomic E-state index is 13.1. The summed E-state index contributed by atoms with van der Waals surface area (Å²) in [5.41, 5.74) is 1.85. The first-order valence-electron chi connectivity index (χ1n) is 8.86. The number of carbonyl (C=O) groups is 2. The van der Waals surface area contributed by atoms with E-state index in [2.05, 4.69) is 10.3 Å². The van der Waals surface area contributed by atoms with Gasteiger partial charge in [-0.1, -0.05) is 24.3 Å². The van der Waals surface area contributed by atoms with E-state index in [0.717, 1.165) is 16.8 Å². The number of likely N-dealkylation sites (tertiary alicyclic amines) is 1. The third-order valence-corrected chi connectivity index (χ3v) is 5.34. The van der Waals surface area contributed by atoms with Gasteiger partial charge in [-0.3, -0.25) is 14.6 Å². The molecule has 0 aliphatic carbocycles. The number of anilines is 1. The van der Waals surface area contributed by atoms with Crippen LogP contribution in [0.15, 0.2) is 48.8 Å². The SMILES string of the molecule is CCOCC(=O)N1CCC2(C(=O)Nc3ccccc32)C1c1cccnc1. The fraction of sp³-hybridized carbons (Fsp3) is 0.350. The standard InChI is InChI=1S/C20H21N3O3/c1-2-26-13-17(24)23-11-9-20(18(23)14-6-5-10-21-12-14)15-7-3-4-8-16(15)22-19(20)25/h3-8,10,12,18H,2,9,11,13H2,1H3,(H,22,25). The van der Waals surface area contributed by atoms with Gasteiger partial charge in [-0.15, -0.1) is 0 Å². The van der Waals surface area contributed by atoms with Crippen LogP contribution >= 0.6 is 0 Å². The Balaban J connectivity index is 1.82. The molecular weight excluding hydrogens is 330 g/mol. The zero-order chi connectivity index (χ0) is 18.1. The van der Waals surface area contributed by atoms with Crippen LogP contribution in [-0.2, 0) is 19.7 Å². The van der Waals surface area contributed by atoms with E-state index in [-0.39, 0.29) is 18.4 Å². The van der Waals surface area contributed by atoms with E-state index in [1.165, 1.54) is 0 Å². The number of rotatable bonds is 4. The Morgan fingerprint density at radius 2 is 2.19 bits per heavy atom. The highest BCUT2D eigenvalue weighted by Crippen LogP contribution is 2.54. The number of ether oxygens (including phenoxy) is 1. The highest BCUT2D eigenvalue weighted by Gasteiger charge is 2.59. The van der Waals surface area contributed by atoms with Gasteiger partial charge in [0, 0.05) is 31.2 Å². The largest absolute Gasteiger partial charge is 0.372 e. The van der Waals surface area contributed by atoms with Gasteiger partial charge in [0.2, 0.25) is 11.8 Å². The van der Waals surface area contributed by atoms with Crippen molar-refractivity contribution in [3.05, 3.63) is 59.9 Å². The molecule has 3 heterocycles. The van der Waals surface area contributed by atoms with Gasteiger partial charge in [0.05, 0.1) is 6.04 Å². The Morgan fingerprint density at radius 1 is 1.35 bits per heavy atom. The molecule has 2 amide bonds. The molecule has 1 saturated heterocycles. The topological polar surface area (TPSA) is 71.5 Å². The Bertz CT molecular complexity index is 839. The molecule has 4 rings (SSSR count). The molecule has 1 aromatic heterocycles. The van der Waals surface area contributed by atoms with E-state index in [9.17, 15) is 9.59 Å². The summed E-state index contributed by atoms with van der Waals surface area (Å²) in [5, 5.41) is 3.00. The number of aromatic nitrogens is 1. The van der Waals surface area contributed by atoms with Crippen LogP contribution in [0.2, 0.25) is 0 Å². The Morgan fingerprint density at radius 3 is 2.96 bits per heavy atom. The van der Waals surface area contributed by atoms with Crippen molar-refractivity contribution in [2.45, 2.75) is 24.8 Å². The lowest BCUT2D eigenvalue weighted by molar-refractivity contribution is -0.138. The van der Waals surface area contributed by atoms with Crippen molar-refractivity contribution in [2.24, 2.45) is 0 Å². The normalized spacial score (nSPS) is 24.0.